The zero-order chi connectivity index (χ0) is 18.8. The van der Waals surface area contributed by atoms with Gasteiger partial charge in [0.25, 0.3) is 5.91 Å². The number of rotatable bonds is 5. The van der Waals surface area contributed by atoms with E-state index in [1.807, 2.05) is 0 Å². The molecule has 25 heavy (non-hydrogen) atoms. The summed E-state index contributed by atoms with van der Waals surface area (Å²) in [5.41, 5.74) is -0.485. The lowest BCUT2D eigenvalue weighted by atomic mass is 10.0. The molecule has 0 saturated carbocycles. The summed E-state index contributed by atoms with van der Waals surface area (Å²) in [6.45, 7) is 3.47. The molecule has 1 N–H and O–H groups in total. The molecule has 2 rings (SSSR count). The van der Waals surface area contributed by atoms with Crippen LogP contribution < -0.4 is 0 Å². The molecule has 5 nitrogen and oxygen atoms in total. The topological polar surface area (TPSA) is 70.8 Å². The molecular weight excluding hydrogens is 339 g/mol. The van der Waals surface area contributed by atoms with Crippen LogP contribution in [0.4, 0.5) is 13.2 Å². The smallest absolute Gasteiger partial charge is 0.416 e. The van der Waals surface area contributed by atoms with E-state index in [0.717, 1.165) is 18.2 Å². The van der Waals surface area contributed by atoms with E-state index in [-0.39, 0.29) is 18.1 Å². The highest BCUT2D eigenvalue weighted by atomic mass is 19.4. The van der Waals surface area contributed by atoms with Crippen molar-refractivity contribution in [1.82, 2.24) is 4.90 Å². The van der Waals surface area contributed by atoms with Crippen molar-refractivity contribution < 1.29 is 32.3 Å². The number of carbonyl (C=O) groups is 2. The third kappa shape index (κ3) is 4.01. The van der Waals surface area contributed by atoms with Crippen LogP contribution in [0.2, 0.25) is 0 Å². The molecule has 1 unspecified atom stereocenters. The number of carbonyl (C=O) groups excluding carboxylic acids is 1. The van der Waals surface area contributed by atoms with Crippen molar-refractivity contribution in [3.8, 4) is 0 Å². The molecule has 1 atom stereocenters. The van der Waals surface area contributed by atoms with Crippen LogP contribution in [0.25, 0.3) is 0 Å². The Hall–Kier alpha value is -2.77. The molecule has 0 saturated heterocycles. The van der Waals surface area contributed by atoms with Crippen LogP contribution in [-0.2, 0) is 6.18 Å². The van der Waals surface area contributed by atoms with Crippen molar-refractivity contribution in [3.05, 3.63) is 59.0 Å². The maximum absolute atomic E-state index is 12.9. The Bertz CT molecular complexity index is 782. The summed E-state index contributed by atoms with van der Waals surface area (Å²) in [5.74, 6) is -2.47. The minimum Gasteiger partial charge on any atom is -0.475 e. The average Bonchev–Trinajstić information content (AvgIpc) is 3.05. The Kier molecular flexibility index (Phi) is 5.20. The highest BCUT2D eigenvalue weighted by Gasteiger charge is 2.32. The molecule has 2 aromatic rings. The predicted molar refractivity (Wildman–Crippen MR) is 82.2 cm³/mol. The monoisotopic (exact) mass is 355 g/mol. The largest absolute Gasteiger partial charge is 0.475 e. The minimum absolute atomic E-state index is 0.182. The fraction of sp³-hybridized carbons (Fsp3) is 0.294. The lowest BCUT2D eigenvalue weighted by Gasteiger charge is -2.28. The summed E-state index contributed by atoms with van der Waals surface area (Å²) in [6.07, 6.45) is -4.48. The number of halogens is 3. The number of benzene rings is 1. The van der Waals surface area contributed by atoms with Gasteiger partial charge in [-0.2, -0.15) is 13.2 Å². The van der Waals surface area contributed by atoms with Crippen LogP contribution in [-0.4, -0.2) is 28.4 Å². The van der Waals surface area contributed by atoms with E-state index >= 15 is 0 Å². The number of amides is 1. The van der Waals surface area contributed by atoms with Crippen LogP contribution in [0, 0.1) is 0 Å². The van der Waals surface area contributed by atoms with E-state index in [4.69, 9.17) is 9.52 Å². The second-order valence-electron chi connectivity index (χ2n) is 5.36. The summed E-state index contributed by atoms with van der Waals surface area (Å²) in [5, 5.41) is 8.84. The second kappa shape index (κ2) is 7.00. The zero-order valence-electron chi connectivity index (χ0n) is 13.5. The Morgan fingerprint density at radius 3 is 2.36 bits per heavy atom. The first-order chi connectivity index (χ1) is 11.6. The van der Waals surface area contributed by atoms with Gasteiger partial charge in [0.1, 0.15) is 0 Å². The molecule has 0 radical (unpaired) electrons. The number of carboxylic acids is 1. The van der Waals surface area contributed by atoms with E-state index in [1.165, 1.54) is 23.1 Å². The number of furan rings is 1. The molecule has 1 amide bonds. The van der Waals surface area contributed by atoms with Crippen molar-refractivity contribution in [2.45, 2.75) is 26.1 Å². The summed E-state index contributed by atoms with van der Waals surface area (Å²) in [4.78, 5) is 24.7. The van der Waals surface area contributed by atoms with Gasteiger partial charge >= 0.3 is 12.1 Å². The number of hydrogen-bond acceptors (Lipinski definition) is 3. The molecule has 0 aliphatic rings. The van der Waals surface area contributed by atoms with Crippen LogP contribution in [0.1, 0.15) is 52.1 Å². The van der Waals surface area contributed by atoms with Crippen molar-refractivity contribution >= 4 is 11.9 Å². The first-order valence-corrected chi connectivity index (χ1v) is 7.46. The fourth-order valence-corrected chi connectivity index (χ4v) is 2.46. The quantitative estimate of drug-likeness (QED) is 0.872. The average molecular weight is 355 g/mol. The first-order valence-electron chi connectivity index (χ1n) is 7.46. The lowest BCUT2D eigenvalue weighted by Crippen LogP contribution is -2.33. The molecule has 134 valence electrons. The van der Waals surface area contributed by atoms with Gasteiger partial charge in [-0.1, -0.05) is 12.1 Å². The van der Waals surface area contributed by atoms with Crippen LogP contribution in [0.15, 0.2) is 40.8 Å². The van der Waals surface area contributed by atoms with Gasteiger partial charge in [-0.25, -0.2) is 4.79 Å². The van der Waals surface area contributed by atoms with E-state index in [1.54, 1.807) is 13.8 Å². The number of nitrogens with zero attached hydrogens (tertiary/aromatic N) is 1. The Morgan fingerprint density at radius 2 is 1.84 bits per heavy atom. The Labute approximate surface area is 141 Å². The summed E-state index contributed by atoms with van der Waals surface area (Å²) >= 11 is 0. The molecule has 0 aliphatic carbocycles. The summed E-state index contributed by atoms with van der Waals surface area (Å²) in [6, 6.07) is 6.46. The van der Waals surface area contributed by atoms with Gasteiger partial charge in [-0.15, -0.1) is 0 Å². The summed E-state index contributed by atoms with van der Waals surface area (Å²) in [7, 11) is 0. The van der Waals surface area contributed by atoms with Gasteiger partial charge in [0.2, 0.25) is 5.76 Å². The third-order valence-electron chi connectivity index (χ3n) is 3.79. The van der Waals surface area contributed by atoms with Crippen LogP contribution in [0.5, 0.6) is 0 Å². The van der Waals surface area contributed by atoms with Gasteiger partial charge in [-0.05, 0) is 43.7 Å². The summed E-state index contributed by atoms with van der Waals surface area (Å²) < 4.78 is 43.6. The number of hydrogen-bond donors (Lipinski definition) is 1. The molecule has 8 heteroatoms. The fourth-order valence-electron chi connectivity index (χ4n) is 2.46. The predicted octanol–water partition coefficient (Wildman–Crippen LogP) is 4.22. The molecule has 1 aromatic carbocycles. The van der Waals surface area contributed by atoms with Gasteiger partial charge in [0.15, 0.2) is 5.76 Å². The molecular formula is C17H16F3NO4. The van der Waals surface area contributed by atoms with Gasteiger partial charge in [0, 0.05) is 6.54 Å². The van der Waals surface area contributed by atoms with Crippen molar-refractivity contribution in [3.63, 3.8) is 0 Å². The SMILES string of the molecule is CCN(C(=O)c1ccc(C(=O)O)o1)C(C)c1cccc(C(F)(F)F)c1. The first kappa shape index (κ1) is 18.6. The van der Waals surface area contributed by atoms with E-state index in [9.17, 15) is 22.8 Å². The molecule has 1 aromatic heterocycles. The third-order valence-corrected chi connectivity index (χ3v) is 3.79. The molecule has 0 fully saturated rings. The minimum atomic E-state index is -4.48. The zero-order valence-corrected chi connectivity index (χ0v) is 13.5. The highest BCUT2D eigenvalue weighted by molar-refractivity contribution is 5.93. The number of alkyl halides is 3. The maximum Gasteiger partial charge on any atom is 0.416 e. The van der Waals surface area contributed by atoms with Gasteiger partial charge < -0.3 is 14.4 Å². The van der Waals surface area contributed by atoms with E-state index < -0.39 is 29.7 Å². The Morgan fingerprint density at radius 1 is 1.20 bits per heavy atom. The lowest BCUT2D eigenvalue weighted by molar-refractivity contribution is -0.137. The second-order valence-corrected chi connectivity index (χ2v) is 5.36. The normalized spacial score (nSPS) is 12.7. The number of carboxylic acid groups (broad SMARTS) is 1. The standard InChI is InChI=1S/C17H16F3NO4/c1-3-21(15(22)13-7-8-14(25-13)16(23)24)10(2)11-5-4-6-12(9-11)17(18,19)20/h4-10H,3H2,1-2H3,(H,23,24). The molecule has 0 aliphatic heterocycles. The van der Waals surface area contributed by atoms with Gasteiger partial charge in [-0.3, -0.25) is 4.79 Å². The van der Waals surface area contributed by atoms with E-state index in [0.29, 0.717) is 5.56 Å². The van der Waals surface area contributed by atoms with Gasteiger partial charge in [0.05, 0.1) is 11.6 Å². The number of aromatic carboxylic acids is 1. The molecule has 0 bridgehead atoms. The maximum atomic E-state index is 12.9. The Balaban J connectivity index is 2.30. The van der Waals surface area contributed by atoms with Crippen LogP contribution in [0.3, 0.4) is 0 Å². The van der Waals surface area contributed by atoms with Crippen molar-refractivity contribution in [2.24, 2.45) is 0 Å². The van der Waals surface area contributed by atoms with Crippen molar-refractivity contribution in [2.75, 3.05) is 6.54 Å². The van der Waals surface area contributed by atoms with Crippen molar-refractivity contribution in [1.29, 1.82) is 0 Å². The van der Waals surface area contributed by atoms with Crippen LogP contribution >= 0.6 is 0 Å². The highest BCUT2D eigenvalue weighted by Crippen LogP contribution is 2.32. The molecule has 1 heterocycles. The van der Waals surface area contributed by atoms with E-state index in [2.05, 4.69) is 0 Å². The molecule has 0 spiro atoms.